The van der Waals surface area contributed by atoms with Crippen LogP contribution in [0.5, 0.6) is 5.75 Å². The van der Waals surface area contributed by atoms with Gasteiger partial charge in [-0.25, -0.2) is 0 Å². The lowest BCUT2D eigenvalue weighted by molar-refractivity contribution is -0.255. The van der Waals surface area contributed by atoms with E-state index in [1.807, 2.05) is 0 Å². The van der Waals surface area contributed by atoms with Gasteiger partial charge in [0, 0.05) is 6.92 Å². The first-order chi connectivity index (χ1) is 9.12. The van der Waals surface area contributed by atoms with Gasteiger partial charge in [0.05, 0.1) is 17.2 Å². The van der Waals surface area contributed by atoms with Crippen LogP contribution in [0.4, 0.5) is 18.9 Å². The SMILES string of the molecule is CC(=O)Oc1cccc(NC(=O)C(F)(F)F)c1C(=O)[O-]. The van der Waals surface area contributed by atoms with Crippen LogP contribution in [-0.4, -0.2) is 24.0 Å². The van der Waals surface area contributed by atoms with Crippen LogP contribution < -0.4 is 15.2 Å². The van der Waals surface area contributed by atoms with Crippen LogP contribution in [0, 0.1) is 0 Å². The molecule has 0 aliphatic heterocycles. The topological polar surface area (TPSA) is 95.5 Å². The average molecular weight is 290 g/mol. The second kappa shape index (κ2) is 5.59. The van der Waals surface area contributed by atoms with E-state index in [2.05, 4.69) is 4.74 Å². The fraction of sp³-hybridized carbons (Fsp3) is 0.182. The number of esters is 1. The van der Waals surface area contributed by atoms with Gasteiger partial charge in [-0.3, -0.25) is 9.59 Å². The molecule has 0 atom stereocenters. The Morgan fingerprint density at radius 1 is 1.25 bits per heavy atom. The lowest BCUT2D eigenvalue weighted by atomic mass is 10.1. The van der Waals surface area contributed by atoms with Gasteiger partial charge in [0.2, 0.25) is 0 Å². The van der Waals surface area contributed by atoms with Crippen molar-refractivity contribution in [2.45, 2.75) is 13.1 Å². The number of amides is 1. The van der Waals surface area contributed by atoms with E-state index in [4.69, 9.17) is 0 Å². The summed E-state index contributed by atoms with van der Waals surface area (Å²) in [6.45, 7) is 0.972. The number of carbonyl (C=O) groups is 3. The summed E-state index contributed by atoms with van der Waals surface area (Å²) >= 11 is 0. The lowest BCUT2D eigenvalue weighted by Gasteiger charge is -2.16. The van der Waals surface area contributed by atoms with Gasteiger partial charge in [0.1, 0.15) is 5.75 Å². The van der Waals surface area contributed by atoms with E-state index in [1.165, 1.54) is 5.32 Å². The normalized spacial score (nSPS) is 10.8. The molecule has 108 valence electrons. The molecule has 1 amide bonds. The van der Waals surface area contributed by atoms with Gasteiger partial charge in [0.15, 0.2) is 0 Å². The third kappa shape index (κ3) is 3.70. The molecule has 0 fully saturated rings. The molecule has 1 rings (SSSR count). The van der Waals surface area contributed by atoms with E-state index in [0.29, 0.717) is 0 Å². The summed E-state index contributed by atoms with van der Waals surface area (Å²) in [4.78, 5) is 32.5. The van der Waals surface area contributed by atoms with E-state index in [-0.39, 0.29) is 0 Å². The standard InChI is InChI=1S/C11H8F3NO5/c1-5(16)20-7-4-2-3-6(8(7)9(17)18)15-10(19)11(12,13)14/h2-4H,1H3,(H,15,19)(H,17,18)/p-1. The zero-order valence-corrected chi connectivity index (χ0v) is 9.91. The summed E-state index contributed by atoms with van der Waals surface area (Å²) in [7, 11) is 0. The van der Waals surface area contributed by atoms with E-state index in [0.717, 1.165) is 25.1 Å². The molecule has 0 saturated heterocycles. The quantitative estimate of drug-likeness (QED) is 0.645. The average Bonchev–Trinajstić information content (AvgIpc) is 2.26. The van der Waals surface area contributed by atoms with Gasteiger partial charge in [-0.15, -0.1) is 0 Å². The van der Waals surface area contributed by atoms with Crippen molar-refractivity contribution in [2.75, 3.05) is 5.32 Å². The van der Waals surface area contributed by atoms with Gasteiger partial charge in [-0.1, -0.05) is 6.07 Å². The van der Waals surface area contributed by atoms with Crippen molar-refractivity contribution in [3.63, 3.8) is 0 Å². The molecule has 1 aromatic rings. The van der Waals surface area contributed by atoms with Crippen molar-refractivity contribution < 1.29 is 37.4 Å². The zero-order chi connectivity index (χ0) is 15.5. The number of benzene rings is 1. The first kappa shape index (κ1) is 15.5. The summed E-state index contributed by atoms with van der Waals surface area (Å²) in [5, 5.41) is 12.3. The number of rotatable bonds is 3. The number of hydrogen-bond donors (Lipinski definition) is 1. The Bertz CT molecular complexity index is 568. The number of carbonyl (C=O) groups excluding carboxylic acids is 3. The van der Waals surface area contributed by atoms with Crippen LogP contribution in [-0.2, 0) is 9.59 Å². The minimum absolute atomic E-state index is 0.530. The van der Waals surface area contributed by atoms with Crippen LogP contribution in [0.1, 0.15) is 17.3 Å². The van der Waals surface area contributed by atoms with Crippen molar-refractivity contribution >= 4 is 23.5 Å². The number of hydrogen-bond acceptors (Lipinski definition) is 5. The number of anilines is 1. The number of ether oxygens (including phenoxy) is 1. The molecule has 20 heavy (non-hydrogen) atoms. The van der Waals surface area contributed by atoms with Crippen molar-refractivity contribution in [3.8, 4) is 5.75 Å². The van der Waals surface area contributed by atoms with Crippen molar-refractivity contribution in [1.82, 2.24) is 0 Å². The van der Waals surface area contributed by atoms with Crippen LogP contribution in [0.2, 0.25) is 0 Å². The van der Waals surface area contributed by atoms with Crippen molar-refractivity contribution in [2.24, 2.45) is 0 Å². The van der Waals surface area contributed by atoms with Crippen LogP contribution in [0.25, 0.3) is 0 Å². The Hall–Kier alpha value is -2.58. The largest absolute Gasteiger partial charge is 0.545 e. The highest BCUT2D eigenvalue weighted by atomic mass is 19.4. The van der Waals surface area contributed by atoms with Crippen LogP contribution >= 0.6 is 0 Å². The first-order valence-corrected chi connectivity index (χ1v) is 5.04. The number of alkyl halides is 3. The van der Waals surface area contributed by atoms with E-state index >= 15 is 0 Å². The predicted molar refractivity (Wildman–Crippen MR) is 56.8 cm³/mol. The van der Waals surface area contributed by atoms with Gasteiger partial charge in [0.25, 0.3) is 0 Å². The van der Waals surface area contributed by atoms with E-state index in [1.54, 1.807) is 0 Å². The monoisotopic (exact) mass is 290 g/mol. The number of carboxylic acid groups (broad SMARTS) is 1. The highest BCUT2D eigenvalue weighted by molar-refractivity contribution is 6.03. The van der Waals surface area contributed by atoms with E-state index < -0.39 is 41.0 Å². The molecule has 9 heteroatoms. The summed E-state index contributed by atoms with van der Waals surface area (Å²) in [6.07, 6.45) is -5.19. The van der Waals surface area contributed by atoms with Crippen molar-refractivity contribution in [1.29, 1.82) is 0 Å². The second-order valence-corrected chi connectivity index (χ2v) is 3.51. The van der Waals surface area contributed by atoms with Gasteiger partial charge < -0.3 is 20.0 Å². The smallest absolute Gasteiger partial charge is 0.471 e. The lowest BCUT2D eigenvalue weighted by Crippen LogP contribution is -2.32. The molecular weight excluding hydrogens is 283 g/mol. The van der Waals surface area contributed by atoms with Crippen LogP contribution in [0.3, 0.4) is 0 Å². The molecular formula is C11H7F3NO5-. The molecule has 1 aromatic carbocycles. The molecule has 0 aromatic heterocycles. The number of nitrogens with one attached hydrogen (secondary N) is 1. The number of aromatic carboxylic acids is 1. The maximum absolute atomic E-state index is 12.1. The first-order valence-electron chi connectivity index (χ1n) is 5.04. The summed E-state index contributed by atoms with van der Waals surface area (Å²) in [5.74, 6) is -5.68. The van der Waals surface area contributed by atoms with Gasteiger partial charge in [-0.2, -0.15) is 13.2 Å². The third-order valence-corrected chi connectivity index (χ3v) is 1.99. The maximum atomic E-state index is 12.1. The molecule has 0 heterocycles. The van der Waals surface area contributed by atoms with Gasteiger partial charge >= 0.3 is 18.1 Å². The molecule has 0 unspecified atom stereocenters. The minimum atomic E-state index is -5.19. The third-order valence-electron chi connectivity index (χ3n) is 1.99. The Labute approximate surface area is 110 Å². The Balaban J connectivity index is 3.23. The van der Waals surface area contributed by atoms with Gasteiger partial charge in [-0.05, 0) is 12.1 Å². The fourth-order valence-corrected chi connectivity index (χ4v) is 1.28. The maximum Gasteiger partial charge on any atom is 0.471 e. The second-order valence-electron chi connectivity index (χ2n) is 3.51. The molecule has 0 radical (unpaired) electrons. The zero-order valence-electron chi connectivity index (χ0n) is 9.91. The highest BCUT2D eigenvalue weighted by Gasteiger charge is 2.39. The molecule has 0 spiro atoms. The minimum Gasteiger partial charge on any atom is -0.545 e. The Morgan fingerprint density at radius 2 is 1.85 bits per heavy atom. The summed E-state index contributed by atoms with van der Waals surface area (Å²) in [6, 6.07) is 3.05. The summed E-state index contributed by atoms with van der Waals surface area (Å²) in [5.41, 5.74) is -1.55. The molecule has 1 N–H and O–H groups in total. The highest BCUT2D eigenvalue weighted by Crippen LogP contribution is 2.28. The summed E-state index contributed by atoms with van der Waals surface area (Å²) < 4.78 is 40.9. The van der Waals surface area contributed by atoms with Crippen molar-refractivity contribution in [3.05, 3.63) is 23.8 Å². The van der Waals surface area contributed by atoms with E-state index in [9.17, 15) is 32.7 Å². The molecule has 0 aliphatic carbocycles. The predicted octanol–water partition coefficient (Wildman–Crippen LogP) is 0.476. The Kier molecular flexibility index (Phi) is 4.33. The van der Waals surface area contributed by atoms with Crippen LogP contribution in [0.15, 0.2) is 18.2 Å². The molecule has 0 bridgehead atoms. The fourth-order valence-electron chi connectivity index (χ4n) is 1.28. The molecule has 6 nitrogen and oxygen atoms in total. The molecule has 0 aliphatic rings. The number of carboxylic acids is 1. The Morgan fingerprint density at radius 3 is 2.30 bits per heavy atom. The molecule has 0 saturated carbocycles. The number of halogens is 3.